The molecule has 0 unspecified atom stereocenters. The highest BCUT2D eigenvalue weighted by molar-refractivity contribution is 5.28. The van der Waals surface area contributed by atoms with Crippen LogP contribution in [0.3, 0.4) is 0 Å². The molecule has 1 aliphatic heterocycles. The van der Waals surface area contributed by atoms with Gasteiger partial charge in [-0.3, -0.25) is 0 Å². The lowest BCUT2D eigenvalue weighted by Crippen LogP contribution is -2.51. The molecule has 4 nitrogen and oxygen atoms in total. The van der Waals surface area contributed by atoms with Crippen LogP contribution in [-0.4, -0.2) is 28.2 Å². The van der Waals surface area contributed by atoms with Crippen molar-refractivity contribution in [3.63, 3.8) is 0 Å². The minimum absolute atomic E-state index is 0.718. The maximum atomic E-state index is 11.3. The van der Waals surface area contributed by atoms with Crippen molar-refractivity contribution in [3.8, 4) is 0 Å². The number of hydrogen-bond acceptors (Lipinski definition) is 4. The summed E-state index contributed by atoms with van der Waals surface area (Å²) in [7, 11) is 0. The average Bonchev–Trinajstić information content (AvgIpc) is 2.94. The van der Waals surface area contributed by atoms with E-state index in [4.69, 9.17) is 9.47 Å². The van der Waals surface area contributed by atoms with E-state index in [1.807, 2.05) is 60.7 Å². The van der Waals surface area contributed by atoms with Crippen LogP contribution in [0.1, 0.15) is 38.8 Å². The number of hydrogen-bond donors (Lipinski definition) is 2. The first-order valence-electron chi connectivity index (χ1n) is 8.56. The third-order valence-electron chi connectivity index (χ3n) is 4.92. The molecule has 25 heavy (non-hydrogen) atoms. The van der Waals surface area contributed by atoms with Gasteiger partial charge in [-0.1, -0.05) is 60.7 Å². The number of benzene rings is 2. The van der Waals surface area contributed by atoms with E-state index in [0.717, 1.165) is 11.1 Å². The van der Waals surface area contributed by atoms with Crippen LogP contribution in [0.25, 0.3) is 0 Å². The quantitative estimate of drug-likeness (QED) is 0.895. The molecule has 0 spiro atoms. The molecule has 0 aliphatic carbocycles. The largest absolute Gasteiger partial charge is 0.383 e. The van der Waals surface area contributed by atoms with Gasteiger partial charge >= 0.3 is 0 Å². The normalized spacial score (nSPS) is 27.4. The first-order valence-corrected chi connectivity index (χ1v) is 8.56. The van der Waals surface area contributed by atoms with Gasteiger partial charge in [0, 0.05) is 0 Å². The monoisotopic (exact) mass is 342 g/mol. The summed E-state index contributed by atoms with van der Waals surface area (Å²) in [5.74, 6) is -0.910. The van der Waals surface area contributed by atoms with Crippen LogP contribution in [0.15, 0.2) is 60.7 Å². The molecule has 4 heteroatoms. The highest BCUT2D eigenvalue weighted by Crippen LogP contribution is 2.45. The van der Waals surface area contributed by atoms with Crippen molar-refractivity contribution in [1.82, 2.24) is 0 Å². The van der Waals surface area contributed by atoms with Crippen LogP contribution in [0.2, 0.25) is 0 Å². The molecular formula is C21H26O4. The van der Waals surface area contributed by atoms with E-state index in [0.29, 0.717) is 0 Å². The van der Waals surface area contributed by atoms with E-state index >= 15 is 0 Å². The molecule has 2 N–H and O–H groups in total. The predicted molar refractivity (Wildman–Crippen MR) is 95.9 cm³/mol. The smallest absolute Gasteiger partial charge is 0.164 e. The Kier molecular flexibility index (Phi) is 4.50. The Morgan fingerprint density at radius 3 is 1.36 bits per heavy atom. The Morgan fingerprint density at radius 1 is 0.720 bits per heavy atom. The molecule has 0 amide bonds. The molecule has 0 aromatic heterocycles. The van der Waals surface area contributed by atoms with Crippen molar-refractivity contribution in [2.45, 2.75) is 56.9 Å². The molecule has 2 aromatic rings. The maximum Gasteiger partial charge on any atom is 0.164 e. The second-order valence-corrected chi connectivity index (χ2v) is 7.50. The standard InChI is InChI=1S/C21H26O4/c1-19(2)24-17(20(3,22)15-11-7-5-8-12-15)18(25-19)21(4,23)16-13-9-6-10-14-16/h5-14,17-18,22-23H,1-4H3/t17-,18-,20-,21-/m0/s1. The van der Waals surface area contributed by atoms with E-state index in [1.165, 1.54) is 0 Å². The average molecular weight is 342 g/mol. The molecule has 0 bridgehead atoms. The zero-order valence-corrected chi connectivity index (χ0v) is 15.1. The Bertz CT molecular complexity index is 646. The molecule has 4 atom stereocenters. The second kappa shape index (κ2) is 6.22. The molecule has 0 saturated carbocycles. The third kappa shape index (κ3) is 3.35. The molecule has 1 fully saturated rings. The number of ether oxygens (including phenoxy) is 2. The Labute approximate surface area is 149 Å². The minimum atomic E-state index is -1.32. The summed E-state index contributed by atoms with van der Waals surface area (Å²) < 4.78 is 12.1. The highest BCUT2D eigenvalue weighted by Gasteiger charge is 2.57. The molecule has 134 valence electrons. The molecule has 1 heterocycles. The lowest BCUT2D eigenvalue weighted by molar-refractivity contribution is -0.175. The van der Waals surface area contributed by atoms with Crippen molar-refractivity contribution in [2.75, 3.05) is 0 Å². The van der Waals surface area contributed by atoms with Crippen molar-refractivity contribution in [1.29, 1.82) is 0 Å². The lowest BCUT2D eigenvalue weighted by Gasteiger charge is -2.38. The van der Waals surface area contributed by atoms with Crippen molar-refractivity contribution in [2.24, 2.45) is 0 Å². The number of rotatable bonds is 4. The van der Waals surface area contributed by atoms with Crippen LogP contribution in [0, 0.1) is 0 Å². The minimum Gasteiger partial charge on any atom is -0.383 e. The van der Waals surface area contributed by atoms with Crippen LogP contribution in [-0.2, 0) is 20.7 Å². The van der Waals surface area contributed by atoms with E-state index < -0.39 is 29.2 Å². The van der Waals surface area contributed by atoms with Gasteiger partial charge in [0.05, 0.1) is 0 Å². The Hall–Kier alpha value is -1.72. The molecule has 2 aromatic carbocycles. The predicted octanol–water partition coefficient (Wildman–Crippen LogP) is 3.32. The number of aliphatic hydroxyl groups is 2. The SMILES string of the molecule is CC1(C)O[C@H]([C@@](C)(O)c2ccccc2)[C@@H]([C@@](C)(O)c2ccccc2)O1. The van der Waals surface area contributed by atoms with Gasteiger partial charge in [-0.2, -0.15) is 0 Å². The zero-order chi connectivity index (χ0) is 18.3. The van der Waals surface area contributed by atoms with Gasteiger partial charge in [0.25, 0.3) is 0 Å². The lowest BCUT2D eigenvalue weighted by atomic mass is 9.79. The summed E-state index contributed by atoms with van der Waals surface area (Å²) in [4.78, 5) is 0. The molecule has 0 radical (unpaired) electrons. The van der Waals surface area contributed by atoms with Gasteiger partial charge in [-0.25, -0.2) is 0 Å². The topological polar surface area (TPSA) is 58.9 Å². The first kappa shape index (κ1) is 18.1. The molecular weight excluding hydrogens is 316 g/mol. The van der Waals surface area contributed by atoms with Crippen LogP contribution < -0.4 is 0 Å². The Balaban J connectivity index is 2.02. The zero-order valence-electron chi connectivity index (χ0n) is 15.1. The van der Waals surface area contributed by atoms with Crippen molar-refractivity contribution < 1.29 is 19.7 Å². The summed E-state index contributed by atoms with van der Waals surface area (Å²) in [6.07, 6.45) is -1.47. The Morgan fingerprint density at radius 2 is 1.04 bits per heavy atom. The fraction of sp³-hybridized carbons (Fsp3) is 0.429. The summed E-state index contributed by atoms with van der Waals surface area (Å²) in [5.41, 5.74) is -1.21. The van der Waals surface area contributed by atoms with Crippen LogP contribution >= 0.6 is 0 Å². The first-order chi connectivity index (χ1) is 11.6. The van der Waals surface area contributed by atoms with Crippen LogP contribution in [0.4, 0.5) is 0 Å². The van der Waals surface area contributed by atoms with Gasteiger partial charge in [0.15, 0.2) is 5.79 Å². The van der Waals surface area contributed by atoms with E-state index in [9.17, 15) is 10.2 Å². The second-order valence-electron chi connectivity index (χ2n) is 7.50. The summed E-state index contributed by atoms with van der Waals surface area (Å²) in [6, 6.07) is 18.7. The van der Waals surface area contributed by atoms with E-state index in [1.54, 1.807) is 27.7 Å². The van der Waals surface area contributed by atoms with Crippen molar-refractivity contribution >= 4 is 0 Å². The summed E-state index contributed by atoms with van der Waals surface area (Å²) >= 11 is 0. The van der Waals surface area contributed by atoms with Gasteiger partial charge in [0.1, 0.15) is 23.4 Å². The molecule has 1 saturated heterocycles. The van der Waals surface area contributed by atoms with Gasteiger partial charge < -0.3 is 19.7 Å². The fourth-order valence-corrected chi connectivity index (χ4v) is 3.46. The molecule has 3 rings (SSSR count). The van der Waals surface area contributed by atoms with Gasteiger partial charge in [-0.15, -0.1) is 0 Å². The van der Waals surface area contributed by atoms with Gasteiger partial charge in [-0.05, 0) is 38.8 Å². The van der Waals surface area contributed by atoms with Crippen molar-refractivity contribution in [3.05, 3.63) is 71.8 Å². The molecule has 1 aliphatic rings. The van der Waals surface area contributed by atoms with E-state index in [-0.39, 0.29) is 0 Å². The third-order valence-corrected chi connectivity index (χ3v) is 4.92. The van der Waals surface area contributed by atoms with Crippen LogP contribution in [0.5, 0.6) is 0 Å². The van der Waals surface area contributed by atoms with E-state index in [2.05, 4.69) is 0 Å². The summed E-state index contributed by atoms with van der Waals surface area (Å²) in [5, 5.41) is 22.6. The highest BCUT2D eigenvalue weighted by atomic mass is 16.8. The van der Waals surface area contributed by atoms with Gasteiger partial charge in [0.2, 0.25) is 0 Å². The summed E-state index contributed by atoms with van der Waals surface area (Å²) in [6.45, 7) is 6.99. The maximum absolute atomic E-state index is 11.3. The fourth-order valence-electron chi connectivity index (χ4n) is 3.46.